The van der Waals surface area contributed by atoms with Crippen LogP contribution < -0.4 is 0 Å². The molecule has 0 bridgehead atoms. The highest BCUT2D eigenvalue weighted by Crippen LogP contribution is 2.40. The molecule has 1 saturated heterocycles. The second-order valence-corrected chi connectivity index (χ2v) is 4.79. The van der Waals surface area contributed by atoms with E-state index < -0.39 is 11.9 Å². The van der Waals surface area contributed by atoms with Gasteiger partial charge in [0.05, 0.1) is 11.8 Å². The average Bonchev–Trinajstić information content (AvgIpc) is 2.97. The number of carboxylic acid groups (broad SMARTS) is 1. The highest BCUT2D eigenvalue weighted by molar-refractivity contribution is 5.89. The van der Waals surface area contributed by atoms with Crippen LogP contribution in [0.3, 0.4) is 0 Å². The molecule has 4 heteroatoms. The van der Waals surface area contributed by atoms with Gasteiger partial charge in [-0.2, -0.15) is 0 Å². The molecule has 2 atom stereocenters. The number of carbonyl (C=O) groups excluding carboxylic acids is 1. The lowest BCUT2D eigenvalue weighted by molar-refractivity contribution is -0.142. The van der Waals surface area contributed by atoms with E-state index in [9.17, 15) is 9.59 Å². The van der Waals surface area contributed by atoms with Gasteiger partial charge in [0.25, 0.3) is 0 Å². The molecule has 1 heterocycles. The van der Waals surface area contributed by atoms with Gasteiger partial charge in [-0.1, -0.05) is 6.92 Å². The summed E-state index contributed by atoms with van der Waals surface area (Å²) < 4.78 is 0. The molecular weight excluding hydrogens is 194 g/mol. The minimum atomic E-state index is -0.821. The predicted molar refractivity (Wildman–Crippen MR) is 54.2 cm³/mol. The van der Waals surface area contributed by atoms with Gasteiger partial charge >= 0.3 is 5.97 Å². The monoisotopic (exact) mass is 211 g/mol. The molecular formula is C11H17NO3. The summed E-state index contributed by atoms with van der Waals surface area (Å²) in [5, 5.41) is 8.74. The molecule has 1 N–H and O–H groups in total. The first kappa shape index (κ1) is 10.5. The van der Waals surface area contributed by atoms with Crippen molar-refractivity contribution in [2.75, 3.05) is 13.1 Å². The lowest BCUT2D eigenvalue weighted by Gasteiger charge is -2.30. The van der Waals surface area contributed by atoms with Gasteiger partial charge in [0.15, 0.2) is 0 Å². The summed E-state index contributed by atoms with van der Waals surface area (Å²) in [6.07, 6.45) is 2.65. The Morgan fingerprint density at radius 2 is 1.80 bits per heavy atom. The molecule has 4 nitrogen and oxygen atoms in total. The third-order valence-electron chi connectivity index (χ3n) is 3.52. The van der Waals surface area contributed by atoms with Gasteiger partial charge in [0, 0.05) is 13.1 Å². The van der Waals surface area contributed by atoms with Crippen LogP contribution in [0.25, 0.3) is 0 Å². The third kappa shape index (κ3) is 2.13. The molecule has 0 aromatic carbocycles. The molecule has 15 heavy (non-hydrogen) atoms. The number of piperidine rings is 1. The van der Waals surface area contributed by atoms with Crippen molar-refractivity contribution in [3.63, 3.8) is 0 Å². The number of nitrogens with zero attached hydrogens (tertiary/aromatic N) is 1. The lowest BCUT2D eigenvalue weighted by Crippen LogP contribution is -2.39. The van der Waals surface area contributed by atoms with E-state index in [1.807, 2.05) is 4.90 Å². The number of aliphatic carboxylic acids is 1. The topological polar surface area (TPSA) is 57.6 Å². The molecule has 0 unspecified atom stereocenters. The van der Waals surface area contributed by atoms with Crippen LogP contribution in [0.1, 0.15) is 26.2 Å². The number of carbonyl (C=O) groups is 2. The maximum atomic E-state index is 11.8. The number of hydrogen-bond acceptors (Lipinski definition) is 2. The highest BCUT2D eigenvalue weighted by Gasteiger charge is 2.49. The zero-order chi connectivity index (χ0) is 11.0. The molecule has 0 radical (unpaired) electrons. The molecule has 0 aromatic rings. The van der Waals surface area contributed by atoms with Crippen molar-refractivity contribution in [2.24, 2.45) is 17.8 Å². The van der Waals surface area contributed by atoms with Crippen LogP contribution in [0.4, 0.5) is 0 Å². The second kappa shape index (κ2) is 3.83. The van der Waals surface area contributed by atoms with E-state index in [0.717, 1.165) is 25.9 Å². The van der Waals surface area contributed by atoms with Gasteiger partial charge in [-0.05, 0) is 25.2 Å². The Kier molecular flexibility index (Phi) is 2.67. The SMILES string of the molecule is CC1CCN(C(=O)[C@H]2C[C@H]2C(=O)O)CC1. The first-order valence-electron chi connectivity index (χ1n) is 5.61. The Morgan fingerprint density at radius 3 is 2.27 bits per heavy atom. The minimum Gasteiger partial charge on any atom is -0.481 e. The summed E-state index contributed by atoms with van der Waals surface area (Å²) >= 11 is 0. The van der Waals surface area contributed by atoms with E-state index in [4.69, 9.17) is 5.11 Å². The number of rotatable bonds is 2. The van der Waals surface area contributed by atoms with Crippen LogP contribution in [0, 0.1) is 17.8 Å². The van der Waals surface area contributed by atoms with Crippen LogP contribution in [0.2, 0.25) is 0 Å². The largest absolute Gasteiger partial charge is 0.481 e. The van der Waals surface area contributed by atoms with E-state index in [0.29, 0.717) is 12.3 Å². The molecule has 1 amide bonds. The summed E-state index contributed by atoms with van der Waals surface area (Å²) in [5.41, 5.74) is 0. The van der Waals surface area contributed by atoms with Gasteiger partial charge in [0.1, 0.15) is 0 Å². The molecule has 1 saturated carbocycles. The summed E-state index contributed by atoms with van der Waals surface area (Å²) in [6, 6.07) is 0. The fourth-order valence-corrected chi connectivity index (χ4v) is 2.20. The molecule has 2 fully saturated rings. The maximum absolute atomic E-state index is 11.8. The third-order valence-corrected chi connectivity index (χ3v) is 3.52. The summed E-state index contributed by atoms with van der Waals surface area (Å²) in [5.74, 6) is -0.690. The minimum absolute atomic E-state index is 0.0642. The number of hydrogen-bond donors (Lipinski definition) is 1. The Hall–Kier alpha value is -1.06. The van der Waals surface area contributed by atoms with Crippen LogP contribution in [-0.4, -0.2) is 35.0 Å². The fraction of sp³-hybridized carbons (Fsp3) is 0.818. The van der Waals surface area contributed by atoms with Gasteiger partial charge < -0.3 is 10.0 Å². The molecule has 0 spiro atoms. The van der Waals surface area contributed by atoms with Crippen molar-refractivity contribution in [3.8, 4) is 0 Å². The highest BCUT2D eigenvalue weighted by atomic mass is 16.4. The predicted octanol–water partition coefficient (Wildman–Crippen LogP) is 0.966. The van der Waals surface area contributed by atoms with Gasteiger partial charge in [0.2, 0.25) is 5.91 Å². The quantitative estimate of drug-likeness (QED) is 0.740. The van der Waals surface area contributed by atoms with Crippen molar-refractivity contribution in [1.29, 1.82) is 0 Å². The second-order valence-electron chi connectivity index (χ2n) is 4.79. The number of likely N-dealkylation sites (tertiary alicyclic amines) is 1. The smallest absolute Gasteiger partial charge is 0.307 e. The Balaban J connectivity index is 1.85. The van der Waals surface area contributed by atoms with Crippen molar-refractivity contribution in [3.05, 3.63) is 0 Å². The standard InChI is InChI=1S/C11H17NO3/c1-7-2-4-12(5-3-7)10(13)8-6-9(8)11(14)15/h7-9H,2-6H2,1H3,(H,14,15)/t8-,9+/m0/s1. The molecule has 1 aliphatic heterocycles. The van der Waals surface area contributed by atoms with Crippen LogP contribution in [-0.2, 0) is 9.59 Å². The lowest BCUT2D eigenvalue weighted by atomic mass is 9.99. The molecule has 0 aromatic heterocycles. The normalized spacial score (nSPS) is 31.4. The van der Waals surface area contributed by atoms with Crippen LogP contribution >= 0.6 is 0 Å². The first-order chi connectivity index (χ1) is 7.09. The molecule has 84 valence electrons. The van der Waals surface area contributed by atoms with E-state index in [-0.39, 0.29) is 11.8 Å². The average molecular weight is 211 g/mol. The number of amides is 1. The van der Waals surface area contributed by atoms with Crippen LogP contribution in [0.15, 0.2) is 0 Å². The zero-order valence-corrected chi connectivity index (χ0v) is 8.98. The van der Waals surface area contributed by atoms with E-state index >= 15 is 0 Å². The summed E-state index contributed by atoms with van der Waals surface area (Å²) in [4.78, 5) is 24.3. The number of carboxylic acids is 1. The molecule has 2 rings (SSSR count). The Morgan fingerprint density at radius 1 is 1.20 bits per heavy atom. The molecule has 2 aliphatic rings. The van der Waals surface area contributed by atoms with Crippen LogP contribution in [0.5, 0.6) is 0 Å². The first-order valence-corrected chi connectivity index (χ1v) is 5.61. The van der Waals surface area contributed by atoms with Gasteiger partial charge in [-0.25, -0.2) is 0 Å². The molecule has 1 aliphatic carbocycles. The van der Waals surface area contributed by atoms with Crippen molar-refractivity contribution >= 4 is 11.9 Å². The van der Waals surface area contributed by atoms with E-state index in [2.05, 4.69) is 6.92 Å². The fourth-order valence-electron chi connectivity index (χ4n) is 2.20. The van der Waals surface area contributed by atoms with E-state index in [1.165, 1.54) is 0 Å². The van der Waals surface area contributed by atoms with Crippen molar-refractivity contribution in [1.82, 2.24) is 4.90 Å². The van der Waals surface area contributed by atoms with E-state index in [1.54, 1.807) is 0 Å². The summed E-state index contributed by atoms with van der Waals surface area (Å²) in [7, 11) is 0. The summed E-state index contributed by atoms with van der Waals surface area (Å²) in [6.45, 7) is 3.81. The van der Waals surface area contributed by atoms with Crippen molar-refractivity contribution in [2.45, 2.75) is 26.2 Å². The zero-order valence-electron chi connectivity index (χ0n) is 8.98. The Labute approximate surface area is 89.3 Å². The van der Waals surface area contributed by atoms with Gasteiger partial charge in [-0.3, -0.25) is 9.59 Å². The Bertz CT molecular complexity index is 282. The van der Waals surface area contributed by atoms with Crippen molar-refractivity contribution < 1.29 is 14.7 Å². The maximum Gasteiger partial charge on any atom is 0.307 e. The van der Waals surface area contributed by atoms with Gasteiger partial charge in [-0.15, -0.1) is 0 Å².